The zero-order valence-electron chi connectivity index (χ0n) is 15.0. The summed E-state index contributed by atoms with van der Waals surface area (Å²) in [5, 5.41) is 9.58. The summed E-state index contributed by atoms with van der Waals surface area (Å²) in [4.78, 5) is 24.3. The number of anilines is 2. The normalized spacial score (nSPS) is 11.1. The number of carbonyl (C=O) groups is 2. The van der Waals surface area contributed by atoms with Crippen molar-refractivity contribution in [1.29, 1.82) is 0 Å². The van der Waals surface area contributed by atoms with Crippen molar-refractivity contribution in [2.24, 2.45) is 0 Å². The molecule has 1 amide bonds. The van der Waals surface area contributed by atoms with E-state index in [-0.39, 0.29) is 16.4 Å². The first-order chi connectivity index (χ1) is 13.7. The number of halogens is 5. The van der Waals surface area contributed by atoms with Crippen LogP contribution in [0.1, 0.15) is 0 Å². The van der Waals surface area contributed by atoms with E-state index in [1.165, 1.54) is 30.5 Å². The number of hydrogen-bond donors (Lipinski definition) is 2. The summed E-state index contributed by atoms with van der Waals surface area (Å²) < 4.78 is 69.9. The first-order valence-corrected chi connectivity index (χ1v) is 9.89. The van der Waals surface area contributed by atoms with Crippen LogP contribution in [0, 0.1) is 5.95 Å². The van der Waals surface area contributed by atoms with Gasteiger partial charge < -0.3 is 10.4 Å². The molecular formula is C16H14ClF4N3O5S. The van der Waals surface area contributed by atoms with Crippen molar-refractivity contribution in [1.82, 2.24) is 4.98 Å². The molecule has 2 N–H and O–H groups in total. The van der Waals surface area contributed by atoms with Crippen molar-refractivity contribution < 1.29 is 40.7 Å². The van der Waals surface area contributed by atoms with Crippen LogP contribution in [0.5, 0.6) is 0 Å². The highest BCUT2D eigenvalue weighted by molar-refractivity contribution is 7.92. The number of para-hydroxylation sites is 1. The van der Waals surface area contributed by atoms with Crippen LogP contribution in [0.2, 0.25) is 5.02 Å². The van der Waals surface area contributed by atoms with Crippen LogP contribution in [0.15, 0.2) is 42.6 Å². The molecule has 1 aromatic heterocycles. The maximum atomic E-state index is 13.4. The van der Waals surface area contributed by atoms with Gasteiger partial charge in [-0.25, -0.2) is 18.2 Å². The molecule has 0 spiro atoms. The molecule has 0 atom stereocenters. The molecule has 1 heterocycles. The molecule has 0 radical (unpaired) electrons. The van der Waals surface area contributed by atoms with Crippen LogP contribution in [-0.2, 0) is 19.6 Å². The topological polar surface area (TPSA) is 117 Å². The Morgan fingerprint density at radius 3 is 2.23 bits per heavy atom. The number of amides is 1. The van der Waals surface area contributed by atoms with Gasteiger partial charge in [-0.15, -0.1) is 0 Å². The summed E-state index contributed by atoms with van der Waals surface area (Å²) in [6.45, 7) is -0.545. The van der Waals surface area contributed by atoms with Crippen LogP contribution in [-0.4, -0.2) is 49.4 Å². The van der Waals surface area contributed by atoms with Crippen LogP contribution in [0.3, 0.4) is 0 Å². The van der Waals surface area contributed by atoms with Gasteiger partial charge in [-0.2, -0.15) is 17.6 Å². The summed E-state index contributed by atoms with van der Waals surface area (Å²) in [6, 6.07) is 8.98. The number of rotatable bonds is 5. The fourth-order valence-corrected chi connectivity index (χ4v) is 2.99. The maximum Gasteiger partial charge on any atom is 0.490 e. The first-order valence-electron chi connectivity index (χ1n) is 7.66. The smallest absolute Gasteiger partial charge is 0.475 e. The number of carboxylic acids is 1. The van der Waals surface area contributed by atoms with Gasteiger partial charge in [0.2, 0.25) is 21.9 Å². The highest BCUT2D eigenvalue weighted by Crippen LogP contribution is 2.27. The van der Waals surface area contributed by atoms with E-state index in [1.54, 1.807) is 12.1 Å². The molecular weight excluding hydrogens is 458 g/mol. The number of benzene rings is 1. The van der Waals surface area contributed by atoms with Gasteiger partial charge in [0.25, 0.3) is 0 Å². The number of aliphatic carboxylic acids is 1. The number of hydrogen-bond acceptors (Lipinski definition) is 5. The lowest BCUT2D eigenvalue weighted by atomic mass is 10.3. The summed E-state index contributed by atoms with van der Waals surface area (Å²) in [6.07, 6.45) is -2.90. The highest BCUT2D eigenvalue weighted by Gasteiger charge is 2.38. The third kappa shape index (κ3) is 7.83. The molecule has 0 saturated carbocycles. The molecule has 164 valence electrons. The number of sulfonamides is 1. The minimum Gasteiger partial charge on any atom is -0.475 e. The lowest BCUT2D eigenvalue weighted by Gasteiger charge is -2.22. The number of nitrogens with zero attached hydrogens (tertiary/aromatic N) is 2. The Morgan fingerprint density at radius 2 is 1.77 bits per heavy atom. The maximum absolute atomic E-state index is 13.4. The zero-order valence-corrected chi connectivity index (χ0v) is 16.6. The Hall–Kier alpha value is -2.93. The van der Waals surface area contributed by atoms with E-state index < -0.39 is 40.6 Å². The van der Waals surface area contributed by atoms with Gasteiger partial charge in [0, 0.05) is 6.20 Å². The summed E-state index contributed by atoms with van der Waals surface area (Å²) in [7, 11) is -3.76. The number of carbonyl (C=O) groups excluding carboxylic acids is 1. The zero-order chi connectivity index (χ0) is 23.1. The number of pyridine rings is 1. The number of carboxylic acid groups (broad SMARTS) is 1. The predicted octanol–water partition coefficient (Wildman–Crippen LogP) is 2.91. The van der Waals surface area contributed by atoms with Crippen molar-refractivity contribution >= 4 is 44.9 Å². The molecule has 2 rings (SSSR count). The summed E-state index contributed by atoms with van der Waals surface area (Å²) >= 11 is 5.99. The van der Waals surface area contributed by atoms with E-state index in [4.69, 9.17) is 21.5 Å². The average molecular weight is 472 g/mol. The van der Waals surface area contributed by atoms with Gasteiger partial charge in [-0.3, -0.25) is 9.10 Å². The number of aromatic nitrogens is 1. The van der Waals surface area contributed by atoms with Crippen molar-refractivity contribution in [3.05, 3.63) is 53.6 Å². The van der Waals surface area contributed by atoms with E-state index in [0.29, 0.717) is 0 Å². The monoisotopic (exact) mass is 471 g/mol. The van der Waals surface area contributed by atoms with Crippen LogP contribution < -0.4 is 9.62 Å². The van der Waals surface area contributed by atoms with Crippen molar-refractivity contribution in [3.63, 3.8) is 0 Å². The van der Waals surface area contributed by atoms with Gasteiger partial charge in [-0.05, 0) is 24.3 Å². The van der Waals surface area contributed by atoms with E-state index in [1.807, 2.05) is 0 Å². The standard InChI is InChI=1S/C14H13ClFN3O3S.C2HF3O2/c1-23(21,22)19(12-7-3-2-5-10(12)15)9-13(20)18-11-6-4-8-17-14(11)16;3-2(4,5)1(6)7/h2-8H,9H2,1H3,(H,18,20);(H,6,7). The third-order valence-corrected chi connectivity index (χ3v) is 4.53. The van der Waals surface area contributed by atoms with Crippen LogP contribution in [0.4, 0.5) is 28.9 Å². The Morgan fingerprint density at radius 1 is 1.20 bits per heavy atom. The Bertz CT molecular complexity index is 1020. The third-order valence-electron chi connectivity index (χ3n) is 3.08. The van der Waals surface area contributed by atoms with Gasteiger partial charge in [-0.1, -0.05) is 23.7 Å². The van der Waals surface area contributed by atoms with E-state index >= 15 is 0 Å². The molecule has 0 aliphatic rings. The fourth-order valence-electron chi connectivity index (χ4n) is 1.83. The SMILES string of the molecule is CS(=O)(=O)N(CC(=O)Nc1cccnc1F)c1ccccc1Cl.O=C(O)C(F)(F)F. The van der Waals surface area contributed by atoms with Gasteiger partial charge in [0.1, 0.15) is 6.54 Å². The molecule has 30 heavy (non-hydrogen) atoms. The van der Waals surface area contributed by atoms with E-state index in [2.05, 4.69) is 10.3 Å². The Labute approximate surface area is 173 Å². The second kappa shape index (κ2) is 10.2. The minimum absolute atomic E-state index is 0.134. The van der Waals surface area contributed by atoms with Crippen LogP contribution >= 0.6 is 11.6 Å². The van der Waals surface area contributed by atoms with Crippen molar-refractivity contribution in [2.45, 2.75) is 6.18 Å². The molecule has 0 bridgehead atoms. The first kappa shape index (κ1) is 25.1. The lowest BCUT2D eigenvalue weighted by molar-refractivity contribution is -0.192. The molecule has 0 aliphatic heterocycles. The molecule has 0 fully saturated rings. The second-order valence-electron chi connectivity index (χ2n) is 5.41. The molecule has 0 unspecified atom stereocenters. The fraction of sp³-hybridized carbons (Fsp3) is 0.188. The van der Waals surface area contributed by atoms with Crippen LogP contribution in [0.25, 0.3) is 0 Å². The van der Waals surface area contributed by atoms with E-state index in [0.717, 1.165) is 10.6 Å². The second-order valence-corrected chi connectivity index (χ2v) is 7.73. The largest absolute Gasteiger partial charge is 0.490 e. The molecule has 2 aromatic rings. The predicted molar refractivity (Wildman–Crippen MR) is 100 cm³/mol. The number of nitrogens with one attached hydrogen (secondary N) is 1. The summed E-state index contributed by atoms with van der Waals surface area (Å²) in [5.41, 5.74) is 0.0311. The molecule has 0 aliphatic carbocycles. The Kier molecular flexibility index (Phi) is 8.54. The van der Waals surface area contributed by atoms with Gasteiger partial charge >= 0.3 is 12.1 Å². The van der Waals surface area contributed by atoms with Gasteiger partial charge in [0.15, 0.2) is 0 Å². The molecule has 14 heteroatoms. The number of alkyl halides is 3. The van der Waals surface area contributed by atoms with Gasteiger partial charge in [0.05, 0.1) is 22.7 Å². The lowest BCUT2D eigenvalue weighted by Crippen LogP contribution is -2.37. The van der Waals surface area contributed by atoms with Crippen molar-refractivity contribution in [2.75, 3.05) is 22.4 Å². The van der Waals surface area contributed by atoms with Crippen molar-refractivity contribution in [3.8, 4) is 0 Å². The quantitative estimate of drug-likeness (QED) is 0.511. The molecule has 0 saturated heterocycles. The molecule has 1 aromatic carbocycles. The minimum atomic E-state index is -5.08. The molecule has 8 nitrogen and oxygen atoms in total. The summed E-state index contributed by atoms with van der Waals surface area (Å²) in [5.74, 6) is -4.33. The Balaban J connectivity index is 0.000000553. The average Bonchev–Trinajstić information content (AvgIpc) is 2.61. The van der Waals surface area contributed by atoms with E-state index in [9.17, 15) is 30.8 Å². The highest BCUT2D eigenvalue weighted by atomic mass is 35.5.